The third-order valence-electron chi connectivity index (χ3n) is 3.61. The Labute approximate surface area is 134 Å². The number of benzene rings is 2. The number of aliphatic hydroxyl groups excluding tert-OH is 1. The van der Waals surface area contributed by atoms with Crippen LogP contribution in [0.3, 0.4) is 0 Å². The summed E-state index contributed by atoms with van der Waals surface area (Å²) < 4.78 is 10.5. The van der Waals surface area contributed by atoms with Crippen molar-refractivity contribution in [2.45, 2.75) is 18.6 Å². The molecule has 0 heterocycles. The fraction of sp³-hybridized carbons (Fsp3) is 0.294. The Morgan fingerprint density at radius 1 is 1.13 bits per heavy atom. The average Bonchev–Trinajstić information content (AvgIpc) is 2.61. The Hall–Kier alpha value is -2.69. The van der Waals surface area contributed by atoms with Crippen LogP contribution in [0.15, 0.2) is 53.6 Å². The number of ether oxygens (including phenoxy) is 2. The molecule has 0 unspecified atom stereocenters. The number of azide groups is 1. The Balaban J connectivity index is 2.30. The van der Waals surface area contributed by atoms with E-state index < -0.39 is 12.1 Å². The molecule has 6 nitrogen and oxygen atoms in total. The van der Waals surface area contributed by atoms with Crippen molar-refractivity contribution in [1.82, 2.24) is 0 Å². The zero-order valence-corrected chi connectivity index (χ0v) is 13.1. The summed E-state index contributed by atoms with van der Waals surface area (Å²) >= 11 is 0. The quantitative estimate of drug-likeness (QED) is 0.480. The van der Waals surface area contributed by atoms with E-state index in [1.165, 1.54) is 7.11 Å². The lowest BCUT2D eigenvalue weighted by Gasteiger charge is -2.21. The van der Waals surface area contributed by atoms with E-state index in [1.54, 1.807) is 25.3 Å². The molecule has 2 rings (SSSR count). The molecule has 23 heavy (non-hydrogen) atoms. The van der Waals surface area contributed by atoms with Crippen LogP contribution in [-0.4, -0.2) is 25.4 Å². The lowest BCUT2D eigenvalue weighted by Crippen LogP contribution is -2.19. The molecule has 0 aliphatic carbocycles. The van der Waals surface area contributed by atoms with Crippen LogP contribution in [0.5, 0.6) is 11.5 Å². The van der Waals surface area contributed by atoms with Crippen LogP contribution >= 0.6 is 0 Å². The molecule has 1 N–H and O–H groups in total. The third-order valence-corrected chi connectivity index (χ3v) is 3.61. The largest absolute Gasteiger partial charge is 0.497 e. The van der Waals surface area contributed by atoms with Crippen molar-refractivity contribution in [2.75, 3.05) is 14.2 Å². The summed E-state index contributed by atoms with van der Waals surface area (Å²) in [6.07, 6.45) is -0.548. The number of methoxy groups -OCH3 is 2. The van der Waals surface area contributed by atoms with Crippen molar-refractivity contribution < 1.29 is 14.6 Å². The lowest BCUT2D eigenvalue weighted by atomic mass is 9.96. The van der Waals surface area contributed by atoms with E-state index in [4.69, 9.17) is 15.0 Å². The van der Waals surface area contributed by atoms with Crippen LogP contribution in [0.25, 0.3) is 10.4 Å². The second-order valence-electron chi connectivity index (χ2n) is 5.01. The Morgan fingerprint density at radius 2 is 1.87 bits per heavy atom. The fourth-order valence-electron chi connectivity index (χ4n) is 2.41. The van der Waals surface area contributed by atoms with E-state index in [-0.39, 0.29) is 0 Å². The number of nitrogens with zero attached hydrogens (tertiary/aromatic N) is 3. The van der Waals surface area contributed by atoms with Gasteiger partial charge < -0.3 is 14.6 Å². The molecule has 0 amide bonds. The predicted molar refractivity (Wildman–Crippen MR) is 87.6 cm³/mol. The highest BCUT2D eigenvalue weighted by Crippen LogP contribution is 2.33. The maximum atomic E-state index is 10.7. The molecule has 0 spiro atoms. The highest BCUT2D eigenvalue weighted by atomic mass is 16.5. The second kappa shape index (κ2) is 8.08. The first-order chi connectivity index (χ1) is 11.2. The minimum Gasteiger partial charge on any atom is -0.497 e. The first kappa shape index (κ1) is 16.7. The summed E-state index contributed by atoms with van der Waals surface area (Å²) in [5.74, 6) is 1.12. The number of hydrogen-bond donors (Lipinski definition) is 1. The van der Waals surface area contributed by atoms with Crippen LogP contribution in [0.1, 0.15) is 17.2 Å². The molecule has 2 aromatic rings. The predicted octanol–water partition coefficient (Wildman–Crippen LogP) is 3.66. The summed E-state index contributed by atoms with van der Waals surface area (Å²) in [5, 5.41) is 14.4. The molecule has 2 atom stereocenters. The molecule has 0 aliphatic rings. The van der Waals surface area contributed by atoms with Crippen molar-refractivity contribution >= 4 is 0 Å². The third kappa shape index (κ3) is 4.16. The summed E-state index contributed by atoms with van der Waals surface area (Å²) in [6, 6.07) is 14.1. The standard InChI is InChI=1S/C17H19N3O3/c1-22-13-8-9-14(16(11-13)23-2)17(21)15(19-20-18)10-12-6-4-3-5-7-12/h3-9,11,15,17,21H,10H2,1-2H3/t15-,17-/m0/s1. The van der Waals surface area contributed by atoms with Crippen LogP contribution in [0.2, 0.25) is 0 Å². The first-order valence-electron chi connectivity index (χ1n) is 7.17. The van der Waals surface area contributed by atoms with Gasteiger partial charge in [0.25, 0.3) is 0 Å². The molecular formula is C17H19N3O3. The minimum atomic E-state index is -0.980. The molecule has 0 saturated heterocycles. The smallest absolute Gasteiger partial charge is 0.128 e. The van der Waals surface area contributed by atoms with E-state index in [9.17, 15) is 5.11 Å². The maximum absolute atomic E-state index is 10.7. The highest BCUT2D eigenvalue weighted by molar-refractivity contribution is 5.42. The topological polar surface area (TPSA) is 87.5 Å². The second-order valence-corrected chi connectivity index (χ2v) is 5.01. The van der Waals surface area contributed by atoms with E-state index in [0.717, 1.165) is 5.56 Å². The van der Waals surface area contributed by atoms with Gasteiger partial charge in [0.2, 0.25) is 0 Å². The van der Waals surface area contributed by atoms with Gasteiger partial charge in [0.15, 0.2) is 0 Å². The van der Waals surface area contributed by atoms with Crippen LogP contribution in [-0.2, 0) is 6.42 Å². The Morgan fingerprint density at radius 3 is 2.48 bits per heavy atom. The van der Waals surface area contributed by atoms with Gasteiger partial charge in [0.1, 0.15) is 11.5 Å². The lowest BCUT2D eigenvalue weighted by molar-refractivity contribution is 0.142. The van der Waals surface area contributed by atoms with Crippen molar-refractivity contribution in [1.29, 1.82) is 0 Å². The summed E-state index contributed by atoms with van der Waals surface area (Å²) in [4.78, 5) is 2.87. The molecular weight excluding hydrogens is 294 g/mol. The first-order valence-corrected chi connectivity index (χ1v) is 7.17. The fourth-order valence-corrected chi connectivity index (χ4v) is 2.41. The van der Waals surface area contributed by atoms with E-state index >= 15 is 0 Å². The normalized spacial score (nSPS) is 12.8. The van der Waals surface area contributed by atoms with Gasteiger partial charge in [-0.15, -0.1) is 0 Å². The van der Waals surface area contributed by atoms with E-state index in [0.29, 0.717) is 23.5 Å². The molecule has 0 fully saturated rings. The molecule has 2 aromatic carbocycles. The maximum Gasteiger partial charge on any atom is 0.128 e. The summed E-state index contributed by atoms with van der Waals surface area (Å²) in [7, 11) is 3.08. The number of aliphatic hydroxyl groups is 1. The number of hydrogen-bond acceptors (Lipinski definition) is 4. The highest BCUT2D eigenvalue weighted by Gasteiger charge is 2.23. The molecule has 0 radical (unpaired) electrons. The van der Waals surface area contributed by atoms with Crippen LogP contribution in [0.4, 0.5) is 0 Å². The van der Waals surface area contributed by atoms with Gasteiger partial charge in [-0.25, -0.2) is 0 Å². The van der Waals surface area contributed by atoms with Crippen molar-refractivity contribution in [3.05, 3.63) is 70.1 Å². The molecule has 0 bridgehead atoms. The summed E-state index contributed by atoms with van der Waals surface area (Å²) in [5.41, 5.74) is 10.4. The summed E-state index contributed by atoms with van der Waals surface area (Å²) in [6.45, 7) is 0. The van der Waals surface area contributed by atoms with Crippen LogP contribution in [0, 0.1) is 0 Å². The van der Waals surface area contributed by atoms with Crippen molar-refractivity contribution in [2.24, 2.45) is 5.11 Å². The van der Waals surface area contributed by atoms with Gasteiger partial charge in [-0.1, -0.05) is 35.4 Å². The van der Waals surface area contributed by atoms with Crippen molar-refractivity contribution in [3.63, 3.8) is 0 Å². The SMILES string of the molecule is COc1ccc([C@H](O)[C@H](Cc2ccccc2)N=[N+]=[N-])c(OC)c1. The van der Waals surface area contributed by atoms with Gasteiger partial charge in [0, 0.05) is 16.5 Å². The monoisotopic (exact) mass is 313 g/mol. The van der Waals surface area contributed by atoms with E-state index in [1.807, 2.05) is 30.3 Å². The molecule has 0 aliphatic heterocycles. The Kier molecular flexibility index (Phi) is 5.86. The Bertz CT molecular complexity index is 685. The average molecular weight is 313 g/mol. The van der Waals surface area contributed by atoms with Gasteiger partial charge in [-0.05, 0) is 29.6 Å². The molecule has 6 heteroatoms. The van der Waals surface area contributed by atoms with Gasteiger partial charge in [-0.2, -0.15) is 0 Å². The molecule has 0 saturated carbocycles. The van der Waals surface area contributed by atoms with Crippen LogP contribution < -0.4 is 9.47 Å². The van der Waals surface area contributed by atoms with Gasteiger partial charge in [0.05, 0.1) is 26.4 Å². The van der Waals surface area contributed by atoms with E-state index in [2.05, 4.69) is 10.0 Å². The van der Waals surface area contributed by atoms with Crippen molar-refractivity contribution in [3.8, 4) is 11.5 Å². The molecule has 120 valence electrons. The minimum absolute atomic E-state index is 0.432. The van der Waals surface area contributed by atoms with Gasteiger partial charge in [-0.3, -0.25) is 0 Å². The van der Waals surface area contributed by atoms with Gasteiger partial charge >= 0.3 is 0 Å². The zero-order chi connectivity index (χ0) is 16.7. The molecule has 0 aromatic heterocycles. The zero-order valence-electron chi connectivity index (χ0n) is 13.1. The number of rotatable bonds is 7.